The number of non-ortho nitro benzene ring substituents is 2. The van der Waals surface area contributed by atoms with Gasteiger partial charge in [-0.05, 0) is 17.2 Å². The molecule has 31 heavy (non-hydrogen) atoms. The van der Waals surface area contributed by atoms with E-state index in [0.29, 0.717) is 16.6 Å². The Bertz CT molecular complexity index is 1330. The first kappa shape index (κ1) is 19.8. The van der Waals surface area contributed by atoms with Gasteiger partial charge in [-0.2, -0.15) is 0 Å². The van der Waals surface area contributed by atoms with E-state index in [1.54, 1.807) is 30.5 Å². The number of ketones is 1. The molecule has 0 amide bonds. The fraction of sp³-hybridized carbons (Fsp3) is 0.0435. The van der Waals surface area contributed by atoms with Crippen molar-refractivity contribution in [3.05, 3.63) is 122 Å². The molecular weight excluding hydrogens is 398 g/mol. The molecular formula is C23H15N3O5. The largest absolute Gasteiger partial charge is 0.293 e. The zero-order valence-electron chi connectivity index (χ0n) is 16.0. The molecule has 0 spiro atoms. The summed E-state index contributed by atoms with van der Waals surface area (Å²) in [5, 5.41) is 23.3. The number of nitro groups is 2. The molecule has 1 unspecified atom stereocenters. The lowest BCUT2D eigenvalue weighted by molar-refractivity contribution is -0.385. The van der Waals surface area contributed by atoms with E-state index in [4.69, 9.17) is 0 Å². The normalized spacial score (nSPS) is 11.7. The second-order valence-electron chi connectivity index (χ2n) is 6.88. The summed E-state index contributed by atoms with van der Waals surface area (Å²) in [6.45, 7) is 0. The summed E-state index contributed by atoms with van der Waals surface area (Å²) in [5.74, 6) is -1.34. The number of nitro benzene ring substituents is 2. The molecule has 0 N–H and O–H groups in total. The van der Waals surface area contributed by atoms with Gasteiger partial charge in [0.1, 0.15) is 0 Å². The summed E-state index contributed by atoms with van der Waals surface area (Å²) in [6.07, 6.45) is 1.61. The second-order valence-corrected chi connectivity index (χ2v) is 6.88. The zero-order valence-corrected chi connectivity index (χ0v) is 16.0. The lowest BCUT2D eigenvalue weighted by Crippen LogP contribution is -2.16. The molecule has 4 aromatic rings. The molecule has 0 aliphatic carbocycles. The topological polar surface area (TPSA) is 116 Å². The van der Waals surface area contributed by atoms with Crippen LogP contribution in [0.4, 0.5) is 11.4 Å². The number of hydrogen-bond donors (Lipinski definition) is 0. The third-order valence-electron chi connectivity index (χ3n) is 4.99. The molecule has 1 heterocycles. The summed E-state index contributed by atoms with van der Waals surface area (Å²) < 4.78 is 0. The fourth-order valence-corrected chi connectivity index (χ4v) is 3.59. The van der Waals surface area contributed by atoms with Gasteiger partial charge in [0.05, 0.1) is 21.3 Å². The van der Waals surface area contributed by atoms with Crippen LogP contribution in [0.15, 0.2) is 85.1 Å². The van der Waals surface area contributed by atoms with Crippen LogP contribution in [0, 0.1) is 20.2 Å². The quantitative estimate of drug-likeness (QED) is 0.248. The summed E-state index contributed by atoms with van der Waals surface area (Å²) in [4.78, 5) is 39.4. The summed E-state index contributed by atoms with van der Waals surface area (Å²) >= 11 is 0. The number of para-hydroxylation sites is 1. The number of fused-ring (bicyclic) bond motifs is 1. The van der Waals surface area contributed by atoms with Gasteiger partial charge in [0.15, 0.2) is 5.78 Å². The van der Waals surface area contributed by atoms with Gasteiger partial charge in [0.2, 0.25) is 0 Å². The highest BCUT2D eigenvalue weighted by atomic mass is 16.6. The average Bonchev–Trinajstić information content (AvgIpc) is 2.79. The van der Waals surface area contributed by atoms with Gasteiger partial charge in [-0.15, -0.1) is 0 Å². The minimum Gasteiger partial charge on any atom is -0.293 e. The van der Waals surface area contributed by atoms with Crippen molar-refractivity contribution >= 4 is 28.1 Å². The second kappa shape index (κ2) is 8.11. The molecule has 0 fully saturated rings. The van der Waals surface area contributed by atoms with Crippen molar-refractivity contribution in [3.63, 3.8) is 0 Å². The molecule has 4 rings (SSSR count). The van der Waals surface area contributed by atoms with Crippen LogP contribution in [-0.4, -0.2) is 20.6 Å². The Morgan fingerprint density at radius 3 is 2.19 bits per heavy atom. The summed E-state index contributed by atoms with van der Waals surface area (Å²) in [5.41, 5.74) is 1.33. The number of aromatic nitrogens is 1. The smallest absolute Gasteiger partial charge is 0.270 e. The zero-order chi connectivity index (χ0) is 22.0. The van der Waals surface area contributed by atoms with E-state index in [1.807, 2.05) is 12.1 Å². The van der Waals surface area contributed by atoms with Crippen LogP contribution >= 0.6 is 0 Å². The van der Waals surface area contributed by atoms with Gasteiger partial charge in [-0.3, -0.25) is 30.0 Å². The molecule has 152 valence electrons. The van der Waals surface area contributed by atoms with Crippen LogP contribution in [0.3, 0.4) is 0 Å². The molecule has 8 heteroatoms. The summed E-state index contributed by atoms with van der Waals surface area (Å²) in [7, 11) is 0. The number of nitrogens with zero attached hydrogens (tertiary/aromatic N) is 3. The lowest BCUT2D eigenvalue weighted by Gasteiger charge is -2.18. The molecule has 0 aliphatic heterocycles. The third kappa shape index (κ3) is 3.86. The van der Waals surface area contributed by atoms with E-state index in [1.165, 1.54) is 42.5 Å². The first-order chi connectivity index (χ1) is 15.0. The minimum atomic E-state index is -0.930. The van der Waals surface area contributed by atoms with E-state index in [2.05, 4.69) is 4.98 Å². The Morgan fingerprint density at radius 1 is 0.806 bits per heavy atom. The van der Waals surface area contributed by atoms with Crippen LogP contribution in [0.25, 0.3) is 10.9 Å². The van der Waals surface area contributed by atoms with Crippen LogP contribution in [0.2, 0.25) is 0 Å². The molecule has 3 aromatic carbocycles. The molecule has 0 radical (unpaired) electrons. The number of carbonyl (C=O) groups excluding carboxylic acids is 1. The summed E-state index contributed by atoms with van der Waals surface area (Å²) in [6, 6.07) is 20.3. The number of pyridine rings is 1. The Kier molecular flexibility index (Phi) is 5.19. The maximum atomic E-state index is 13.6. The molecule has 0 saturated carbocycles. The van der Waals surface area contributed by atoms with Crippen molar-refractivity contribution in [3.8, 4) is 0 Å². The highest BCUT2D eigenvalue weighted by Crippen LogP contribution is 2.34. The molecule has 1 aromatic heterocycles. The Hall–Kier alpha value is -4.46. The first-order valence-electron chi connectivity index (χ1n) is 9.32. The molecule has 0 bridgehead atoms. The maximum Gasteiger partial charge on any atom is 0.270 e. The molecule has 0 saturated heterocycles. The molecule has 8 nitrogen and oxygen atoms in total. The monoisotopic (exact) mass is 413 g/mol. The Morgan fingerprint density at radius 2 is 1.45 bits per heavy atom. The molecule has 1 atom stereocenters. The van der Waals surface area contributed by atoms with Gasteiger partial charge in [0.25, 0.3) is 11.4 Å². The lowest BCUT2D eigenvalue weighted by atomic mass is 9.83. The minimum absolute atomic E-state index is 0.138. The van der Waals surface area contributed by atoms with Crippen molar-refractivity contribution in [2.75, 3.05) is 0 Å². The number of benzene rings is 3. The fourth-order valence-electron chi connectivity index (χ4n) is 3.59. The average molecular weight is 413 g/mol. The Balaban J connectivity index is 1.94. The number of hydrogen-bond acceptors (Lipinski definition) is 6. The van der Waals surface area contributed by atoms with Crippen molar-refractivity contribution in [2.24, 2.45) is 0 Å². The van der Waals surface area contributed by atoms with E-state index in [-0.39, 0.29) is 16.9 Å². The van der Waals surface area contributed by atoms with E-state index in [0.717, 1.165) is 5.39 Å². The first-order valence-corrected chi connectivity index (χ1v) is 9.32. The third-order valence-corrected chi connectivity index (χ3v) is 4.99. The molecule has 0 aliphatic rings. The van der Waals surface area contributed by atoms with Crippen LogP contribution in [0.5, 0.6) is 0 Å². The van der Waals surface area contributed by atoms with Crippen molar-refractivity contribution in [1.82, 2.24) is 4.98 Å². The predicted octanol–water partition coefficient (Wildman–Crippen LogP) is 5.07. The Labute approximate surface area is 176 Å². The van der Waals surface area contributed by atoms with Crippen molar-refractivity contribution < 1.29 is 14.6 Å². The number of rotatable bonds is 6. The van der Waals surface area contributed by atoms with Gasteiger partial charge in [0, 0.05) is 41.4 Å². The van der Waals surface area contributed by atoms with Gasteiger partial charge < -0.3 is 0 Å². The van der Waals surface area contributed by atoms with E-state index in [9.17, 15) is 25.0 Å². The standard InChI is InChI=1S/C23H15N3O5/c27-23(17-7-2-10-19(14-17)26(30)31)21(16-6-1-9-18(13-16)25(28)29)20-11-3-5-15-8-4-12-24-22(15)20/h1-14,21H. The predicted molar refractivity (Wildman–Crippen MR) is 114 cm³/mol. The number of Topliss-reactive ketones (excluding diaryl/α,β-unsaturated/α-hetero) is 1. The van der Waals surface area contributed by atoms with Crippen LogP contribution in [-0.2, 0) is 0 Å². The maximum absolute atomic E-state index is 13.6. The SMILES string of the molecule is O=C(c1cccc([N+](=O)[O-])c1)C(c1cccc([N+](=O)[O-])c1)c1cccc2cccnc12. The van der Waals surface area contributed by atoms with E-state index < -0.39 is 21.5 Å². The van der Waals surface area contributed by atoms with Crippen molar-refractivity contribution in [1.29, 1.82) is 0 Å². The van der Waals surface area contributed by atoms with Crippen LogP contribution in [0.1, 0.15) is 27.4 Å². The van der Waals surface area contributed by atoms with Crippen molar-refractivity contribution in [2.45, 2.75) is 5.92 Å². The van der Waals surface area contributed by atoms with Gasteiger partial charge in [-0.25, -0.2) is 0 Å². The van der Waals surface area contributed by atoms with Gasteiger partial charge in [-0.1, -0.05) is 48.5 Å². The van der Waals surface area contributed by atoms with Crippen LogP contribution < -0.4 is 0 Å². The van der Waals surface area contributed by atoms with E-state index >= 15 is 0 Å². The van der Waals surface area contributed by atoms with Gasteiger partial charge >= 0.3 is 0 Å². The highest BCUT2D eigenvalue weighted by molar-refractivity contribution is 6.05. The highest BCUT2D eigenvalue weighted by Gasteiger charge is 2.28. The number of carbonyl (C=O) groups is 1.